The highest BCUT2D eigenvalue weighted by molar-refractivity contribution is 5.97. The third-order valence-electron chi connectivity index (χ3n) is 12.7. The van der Waals surface area contributed by atoms with Crippen LogP contribution in [0.1, 0.15) is 96.9 Å². The molecule has 0 aliphatic heterocycles. The van der Waals surface area contributed by atoms with Gasteiger partial charge in [-0.15, -0.1) is 0 Å². The summed E-state index contributed by atoms with van der Waals surface area (Å²) < 4.78 is 10.3. The first-order chi connectivity index (χ1) is 32.1. The number of aryl methyl sites for hydroxylation is 3. The Labute approximate surface area is 391 Å². The molecular formula is C48H60N8O12. The molecule has 4 aromatic heterocycles. The minimum atomic E-state index is -1.59. The first kappa shape index (κ1) is 51.3. The Balaban J connectivity index is 1.50. The average molecular weight is 941 g/mol. The molecule has 364 valence electrons. The number of fused-ring (bicyclic) bond motifs is 1. The fraction of sp³-hybridized carbons (Fsp3) is 0.417. The number of aromatic nitrogens is 3. The largest absolute Gasteiger partial charge is 0.503 e. The van der Waals surface area contributed by atoms with E-state index in [-0.39, 0.29) is 80.8 Å². The van der Waals surface area contributed by atoms with Gasteiger partial charge in [0, 0.05) is 111 Å². The van der Waals surface area contributed by atoms with Crippen LogP contribution in [-0.2, 0) is 55.2 Å². The van der Waals surface area contributed by atoms with E-state index in [2.05, 4.69) is 26.2 Å². The molecule has 68 heavy (non-hydrogen) atoms. The number of pyridine rings is 3. The summed E-state index contributed by atoms with van der Waals surface area (Å²) in [5.41, 5.74) is -1.83. The van der Waals surface area contributed by atoms with E-state index >= 15 is 0 Å². The van der Waals surface area contributed by atoms with Gasteiger partial charge < -0.3 is 59.6 Å². The van der Waals surface area contributed by atoms with E-state index in [4.69, 9.17) is 4.42 Å². The van der Waals surface area contributed by atoms with Crippen molar-refractivity contribution < 1.29 is 38.9 Å². The summed E-state index contributed by atoms with van der Waals surface area (Å²) in [4.78, 5) is 108. The van der Waals surface area contributed by atoms with E-state index in [0.29, 0.717) is 35.6 Å². The van der Waals surface area contributed by atoms with E-state index in [1.807, 2.05) is 19.9 Å². The van der Waals surface area contributed by atoms with Crippen molar-refractivity contribution in [3.63, 3.8) is 0 Å². The van der Waals surface area contributed by atoms with E-state index in [0.717, 1.165) is 5.69 Å². The molecule has 7 N–H and O–H groups in total. The van der Waals surface area contributed by atoms with Crippen molar-refractivity contribution in [2.24, 2.45) is 21.1 Å². The van der Waals surface area contributed by atoms with Crippen molar-refractivity contribution in [2.75, 3.05) is 18.0 Å². The van der Waals surface area contributed by atoms with Gasteiger partial charge in [0.15, 0.2) is 17.2 Å². The average Bonchev–Trinajstić information content (AvgIpc) is 3.30. The second kappa shape index (κ2) is 21.8. The number of anilines is 1. The molecule has 20 heteroatoms. The maximum atomic E-state index is 14.4. The van der Waals surface area contributed by atoms with E-state index in [1.165, 1.54) is 24.3 Å². The van der Waals surface area contributed by atoms with Crippen molar-refractivity contribution in [2.45, 2.75) is 98.3 Å². The normalized spacial score (nSPS) is 11.4. The molecule has 0 fully saturated rings. The van der Waals surface area contributed by atoms with Crippen LogP contribution < -0.4 is 48.1 Å². The number of benzene rings is 1. The summed E-state index contributed by atoms with van der Waals surface area (Å²) in [7, 11) is 4.83. The fourth-order valence-electron chi connectivity index (χ4n) is 8.00. The summed E-state index contributed by atoms with van der Waals surface area (Å²) in [6.07, 6.45) is -1.63. The number of carbonyl (C=O) groups is 4. The van der Waals surface area contributed by atoms with Crippen LogP contribution in [-0.4, -0.2) is 71.3 Å². The van der Waals surface area contributed by atoms with Crippen molar-refractivity contribution in [3.8, 4) is 17.2 Å². The molecule has 4 heterocycles. The maximum absolute atomic E-state index is 14.4. The topological polar surface area (TPSA) is 277 Å². The quantitative estimate of drug-likeness (QED) is 0.0554. The highest BCUT2D eigenvalue weighted by atomic mass is 16.4. The number of hydrogen-bond acceptors (Lipinski definition) is 13. The number of amides is 4. The van der Waals surface area contributed by atoms with Crippen molar-refractivity contribution in [1.29, 1.82) is 0 Å². The number of hydrogen-bond donors (Lipinski definition) is 7. The van der Waals surface area contributed by atoms with Crippen LogP contribution in [0, 0.1) is 20.8 Å². The molecule has 4 amide bonds. The SMILES string of the molecule is CCN(CC)c1ccc2cc(C(=O)NC(CCC(=O)NCc3c(O)c(=O)cc(C)n3C)(CCC(=O)NCc3c(O)c(=O)cc(C)n3C)CCC(=O)NCc3c(O)c(=O)cc(C)n3C)c(=O)oc2c1. The number of nitrogens with zero attached hydrogens (tertiary/aromatic N) is 4. The van der Waals surface area contributed by atoms with Gasteiger partial charge in [0.25, 0.3) is 5.91 Å². The lowest BCUT2D eigenvalue weighted by Gasteiger charge is -2.35. The number of aromatic hydroxyl groups is 3. The van der Waals surface area contributed by atoms with Gasteiger partial charge in [-0.1, -0.05) is 0 Å². The van der Waals surface area contributed by atoms with Crippen LogP contribution in [0.2, 0.25) is 0 Å². The van der Waals surface area contributed by atoms with Gasteiger partial charge in [-0.2, -0.15) is 0 Å². The van der Waals surface area contributed by atoms with Gasteiger partial charge in [-0.05, 0) is 72.1 Å². The third-order valence-corrected chi connectivity index (χ3v) is 12.7. The lowest BCUT2D eigenvalue weighted by molar-refractivity contribution is -0.121. The standard InChI is InChI=1S/C48H60N8O12/c1-9-56(10-2)31-12-11-30-22-32(47(67)68-39(30)23-31)46(66)52-48(16-13-40(60)49-24-33-43(63)36(57)19-27(3)53(33)6,17-14-41(61)50-25-34-44(64)37(58)20-28(4)54(34)7)18-15-42(62)51-26-35-45(65)38(59)21-29(5)55(35)8/h11-12,19-23,63-65H,9-10,13-18,24-26H2,1-8H3,(H,49,60)(H,50,61)(H,51,62)(H,52,66). The van der Waals surface area contributed by atoms with Crippen LogP contribution >= 0.6 is 0 Å². The van der Waals surface area contributed by atoms with E-state index in [1.54, 1.807) is 67.7 Å². The zero-order valence-corrected chi connectivity index (χ0v) is 39.6. The monoisotopic (exact) mass is 940 g/mol. The van der Waals surface area contributed by atoms with Crippen LogP contribution in [0.25, 0.3) is 11.0 Å². The molecule has 0 unspecified atom stereocenters. The lowest BCUT2D eigenvalue weighted by atomic mass is 9.82. The molecule has 0 atom stereocenters. The van der Waals surface area contributed by atoms with E-state index < -0.39 is 73.9 Å². The molecule has 0 spiro atoms. The minimum absolute atomic E-state index is 0.137. The molecule has 1 aromatic carbocycles. The zero-order valence-electron chi connectivity index (χ0n) is 39.6. The Morgan fingerprint density at radius 2 is 0.985 bits per heavy atom. The van der Waals surface area contributed by atoms with Gasteiger partial charge in [0.2, 0.25) is 34.0 Å². The van der Waals surface area contributed by atoms with Crippen molar-refractivity contribution in [1.82, 2.24) is 35.0 Å². The summed E-state index contributed by atoms with van der Waals surface area (Å²) in [6, 6.07) is 10.4. The number of nitrogens with one attached hydrogen (secondary N) is 4. The second-order valence-electron chi connectivity index (χ2n) is 16.9. The minimum Gasteiger partial charge on any atom is -0.503 e. The van der Waals surface area contributed by atoms with Crippen LogP contribution in [0.3, 0.4) is 0 Å². The van der Waals surface area contributed by atoms with Crippen LogP contribution in [0.4, 0.5) is 5.69 Å². The summed E-state index contributed by atoms with van der Waals surface area (Å²) >= 11 is 0. The van der Waals surface area contributed by atoms with Crippen molar-refractivity contribution in [3.05, 3.63) is 123 Å². The second-order valence-corrected chi connectivity index (χ2v) is 16.9. The molecule has 0 saturated heterocycles. The van der Waals surface area contributed by atoms with Gasteiger partial charge in [-0.25, -0.2) is 4.79 Å². The fourth-order valence-corrected chi connectivity index (χ4v) is 8.00. The van der Waals surface area contributed by atoms with Crippen molar-refractivity contribution >= 4 is 40.3 Å². The van der Waals surface area contributed by atoms with E-state index in [9.17, 15) is 53.7 Å². The Morgan fingerprint density at radius 1 is 0.603 bits per heavy atom. The highest BCUT2D eigenvalue weighted by Gasteiger charge is 2.35. The molecule has 5 rings (SSSR count). The predicted molar refractivity (Wildman–Crippen MR) is 254 cm³/mol. The Morgan fingerprint density at radius 3 is 1.35 bits per heavy atom. The van der Waals surface area contributed by atoms with Crippen LogP contribution in [0.15, 0.2) is 66.1 Å². The number of rotatable bonds is 20. The zero-order chi connectivity index (χ0) is 50.2. The lowest BCUT2D eigenvalue weighted by Crippen LogP contribution is -2.51. The van der Waals surface area contributed by atoms with Gasteiger partial charge >= 0.3 is 5.63 Å². The Kier molecular flexibility index (Phi) is 16.4. The van der Waals surface area contributed by atoms with Gasteiger partial charge in [0.05, 0.1) is 36.7 Å². The molecular weight excluding hydrogens is 881 g/mol. The summed E-state index contributed by atoms with van der Waals surface area (Å²) in [5, 5.41) is 42.9. The van der Waals surface area contributed by atoms with Gasteiger partial charge in [0.1, 0.15) is 11.1 Å². The Hall–Kier alpha value is -7.64. The predicted octanol–water partition coefficient (Wildman–Crippen LogP) is 2.54. The maximum Gasteiger partial charge on any atom is 0.349 e. The Bertz CT molecular complexity index is 2780. The molecule has 0 aliphatic carbocycles. The molecule has 5 aromatic rings. The molecule has 0 radical (unpaired) electrons. The third kappa shape index (κ3) is 11.8. The van der Waals surface area contributed by atoms with Gasteiger partial charge in [-0.3, -0.25) is 33.6 Å². The summed E-state index contributed by atoms with van der Waals surface area (Å²) in [6.45, 7) is 9.57. The summed E-state index contributed by atoms with van der Waals surface area (Å²) in [5.74, 6) is -4.34. The van der Waals surface area contributed by atoms with Crippen LogP contribution in [0.5, 0.6) is 17.2 Å². The highest BCUT2D eigenvalue weighted by Crippen LogP contribution is 2.28. The molecule has 20 nitrogen and oxygen atoms in total. The first-order valence-electron chi connectivity index (χ1n) is 22.2. The smallest absolute Gasteiger partial charge is 0.349 e. The first-order valence-corrected chi connectivity index (χ1v) is 22.2. The molecule has 0 bridgehead atoms. The number of carbonyl (C=O) groups excluding carboxylic acids is 4. The molecule has 0 saturated carbocycles. The molecule has 0 aliphatic rings.